The number of Topliss-reactive ketones (excluding diaryl/α,β-unsaturated/α-hetero) is 1. The van der Waals surface area contributed by atoms with Gasteiger partial charge in [-0.25, -0.2) is 0 Å². The molecule has 0 saturated heterocycles. The van der Waals surface area contributed by atoms with Crippen molar-refractivity contribution in [2.24, 2.45) is 5.92 Å². The van der Waals surface area contributed by atoms with Crippen LogP contribution in [0.25, 0.3) is 0 Å². The molecule has 0 bridgehead atoms. The summed E-state index contributed by atoms with van der Waals surface area (Å²) in [5.74, 6) is -2.90. The van der Waals surface area contributed by atoms with Gasteiger partial charge in [0.25, 0.3) is 0 Å². The summed E-state index contributed by atoms with van der Waals surface area (Å²) in [6.45, 7) is 3.02. The van der Waals surface area contributed by atoms with Crippen LogP contribution in [0.5, 0.6) is 0 Å². The number of carbonyl (C=O) groups excluding carboxylic acids is 2. The van der Waals surface area contributed by atoms with E-state index in [0.717, 1.165) is 0 Å². The summed E-state index contributed by atoms with van der Waals surface area (Å²) < 4.78 is 0. The Kier molecular flexibility index (Phi) is 6.56. The van der Waals surface area contributed by atoms with Gasteiger partial charge in [-0.15, -0.1) is 0 Å². The number of aliphatic carboxylic acids is 1. The zero-order valence-corrected chi connectivity index (χ0v) is 7.80. The van der Waals surface area contributed by atoms with Crippen LogP contribution in [0.1, 0.15) is 13.8 Å². The van der Waals surface area contributed by atoms with Crippen LogP contribution in [-0.2, 0) is 9.59 Å². The van der Waals surface area contributed by atoms with Crippen molar-refractivity contribution in [3.05, 3.63) is 0 Å². The van der Waals surface area contributed by atoms with Crippen molar-refractivity contribution >= 4 is 11.8 Å². The first-order valence-corrected chi connectivity index (χ1v) is 2.31. The average molecular weight is 142 g/mol. The molecule has 1 unspecified atom stereocenters. The number of rotatable bonds is 2. The fraction of sp³-hybridized carbons (Fsp3) is 0.600. The van der Waals surface area contributed by atoms with Crippen molar-refractivity contribution in [2.75, 3.05) is 0 Å². The van der Waals surface area contributed by atoms with Crippen LogP contribution >= 0.6 is 0 Å². The molecule has 0 rings (SSSR count). The third kappa shape index (κ3) is 4.63. The van der Waals surface area contributed by atoms with Gasteiger partial charge in [-0.2, -0.15) is 0 Å². The van der Waals surface area contributed by atoms with Crippen LogP contribution in [0.4, 0.5) is 0 Å². The summed E-state index contributed by atoms with van der Waals surface area (Å²) in [6.07, 6.45) is 0. The minimum Gasteiger partial charge on any atom is -0.542 e. The second kappa shape index (κ2) is 4.97. The maximum absolute atomic E-state index is 10.2. The molecule has 46 valence electrons. The molecule has 0 aromatic rings. The predicted molar refractivity (Wildman–Crippen MR) is 24.9 cm³/mol. The molecule has 0 spiro atoms. The Hall–Kier alpha value is 0.140. The first kappa shape index (κ1) is 11.9. The molecule has 0 aliphatic rings. The normalized spacial score (nSPS) is 11.3. The average Bonchev–Trinajstić information content (AvgIpc) is 1.64. The Labute approximate surface area is 75.7 Å². The van der Waals surface area contributed by atoms with Crippen molar-refractivity contribution in [1.82, 2.24) is 0 Å². The molecule has 0 aromatic heterocycles. The third-order valence-corrected chi connectivity index (χ3v) is 0.726. The van der Waals surface area contributed by atoms with Gasteiger partial charge in [-0.05, 0) is 0 Å². The van der Waals surface area contributed by atoms with E-state index in [1.165, 1.54) is 13.8 Å². The smallest absolute Gasteiger partial charge is 0.542 e. The largest absolute Gasteiger partial charge is 1.00 e. The van der Waals surface area contributed by atoms with Gasteiger partial charge in [0, 0.05) is 5.92 Å². The van der Waals surface area contributed by atoms with Crippen molar-refractivity contribution in [3.8, 4) is 0 Å². The third-order valence-electron chi connectivity index (χ3n) is 0.726. The quantitative estimate of drug-likeness (QED) is 0.224. The van der Waals surface area contributed by atoms with Crippen molar-refractivity contribution in [2.45, 2.75) is 13.8 Å². The van der Waals surface area contributed by atoms with E-state index in [2.05, 4.69) is 0 Å². The van der Waals surface area contributed by atoms with E-state index in [9.17, 15) is 14.7 Å². The minimum atomic E-state index is -1.60. The van der Waals surface area contributed by atoms with Gasteiger partial charge in [0.1, 0.15) is 5.97 Å². The second-order valence-electron chi connectivity index (χ2n) is 1.81. The molecule has 0 saturated carbocycles. The molecule has 3 nitrogen and oxygen atoms in total. The molecule has 0 radical (unpaired) electrons. The monoisotopic (exact) mass is 142 g/mol. The molecular formula is C5H7NaO3. The van der Waals surface area contributed by atoms with Gasteiger partial charge in [0.2, 0.25) is 0 Å². The summed E-state index contributed by atoms with van der Waals surface area (Å²) in [7, 11) is 0. The molecule has 9 heavy (non-hydrogen) atoms. The van der Waals surface area contributed by atoms with Gasteiger partial charge in [-0.1, -0.05) is 13.8 Å². The Balaban J connectivity index is 0. The number of hydrogen-bond acceptors (Lipinski definition) is 3. The minimum absolute atomic E-state index is 0. The van der Waals surface area contributed by atoms with Crippen molar-refractivity contribution in [3.63, 3.8) is 0 Å². The van der Waals surface area contributed by atoms with E-state index in [-0.39, 0.29) is 29.6 Å². The van der Waals surface area contributed by atoms with E-state index in [0.29, 0.717) is 0 Å². The molecule has 0 fully saturated rings. The van der Waals surface area contributed by atoms with Crippen molar-refractivity contribution in [1.29, 1.82) is 0 Å². The second-order valence-corrected chi connectivity index (χ2v) is 1.81. The first-order chi connectivity index (χ1) is 3.55. The Morgan fingerprint density at radius 3 is 1.67 bits per heavy atom. The maximum atomic E-state index is 10.2. The topological polar surface area (TPSA) is 57.2 Å². The summed E-state index contributed by atoms with van der Waals surface area (Å²) >= 11 is 0. The number of carbonyl (C=O) groups is 2. The van der Waals surface area contributed by atoms with Gasteiger partial charge in [-0.3, -0.25) is 4.79 Å². The standard InChI is InChI=1S/C5H8O3.Na/c1-3(2)4(6)5(7)8;/h3H,1-2H3,(H,7,8);/q;+1/p-1/i1+1,3+1,4+1,5+1;. The summed E-state index contributed by atoms with van der Waals surface area (Å²) in [5.41, 5.74) is 0. The van der Waals surface area contributed by atoms with E-state index in [4.69, 9.17) is 0 Å². The molecule has 0 aromatic carbocycles. The molecule has 0 amide bonds. The maximum Gasteiger partial charge on any atom is 1.00 e. The fourth-order valence-electron chi connectivity index (χ4n) is 0.236. The molecule has 0 aliphatic carbocycles. The Bertz CT molecular complexity index is 119. The van der Waals surface area contributed by atoms with Gasteiger partial charge < -0.3 is 9.90 Å². The van der Waals surface area contributed by atoms with Crippen LogP contribution in [0.15, 0.2) is 0 Å². The zero-order chi connectivity index (χ0) is 6.73. The van der Waals surface area contributed by atoms with Crippen LogP contribution in [0.2, 0.25) is 0 Å². The van der Waals surface area contributed by atoms with Gasteiger partial charge in [0.05, 0.1) is 0 Å². The molecule has 4 heteroatoms. The van der Waals surface area contributed by atoms with E-state index in [1.54, 1.807) is 0 Å². The number of carboxylic acid groups (broad SMARTS) is 1. The van der Waals surface area contributed by atoms with Gasteiger partial charge >= 0.3 is 29.6 Å². The van der Waals surface area contributed by atoms with Gasteiger partial charge in [0.15, 0.2) is 5.78 Å². The number of carboxylic acids is 1. The molecular weight excluding hydrogens is 135 g/mol. The van der Waals surface area contributed by atoms with E-state index < -0.39 is 17.7 Å². The molecule has 0 N–H and O–H groups in total. The molecule has 0 heterocycles. The Morgan fingerprint density at radius 1 is 1.33 bits per heavy atom. The van der Waals surface area contributed by atoms with Crippen LogP contribution < -0.4 is 34.7 Å². The Morgan fingerprint density at radius 2 is 1.67 bits per heavy atom. The fourth-order valence-corrected chi connectivity index (χ4v) is 0.236. The molecule has 1 atom stereocenters. The molecule has 0 aliphatic heterocycles. The SMILES string of the molecule is C[13CH]([13CH3])[13C](=O)[13C](=O)[O-].[Na+]. The van der Waals surface area contributed by atoms with E-state index >= 15 is 0 Å². The number of hydrogen-bond donors (Lipinski definition) is 0. The van der Waals surface area contributed by atoms with E-state index in [1.807, 2.05) is 0 Å². The zero-order valence-electron chi connectivity index (χ0n) is 5.80. The van der Waals surface area contributed by atoms with Crippen LogP contribution in [0.3, 0.4) is 0 Å². The summed E-state index contributed by atoms with van der Waals surface area (Å²) in [5, 5.41) is 9.68. The predicted octanol–water partition coefficient (Wildman–Crippen LogP) is -4.03. The van der Waals surface area contributed by atoms with Crippen LogP contribution in [-0.4, -0.2) is 11.8 Å². The summed E-state index contributed by atoms with van der Waals surface area (Å²) in [6, 6.07) is 0. The van der Waals surface area contributed by atoms with Crippen LogP contribution in [0, 0.1) is 5.92 Å². The summed E-state index contributed by atoms with van der Waals surface area (Å²) in [4.78, 5) is 19.9. The van der Waals surface area contributed by atoms with Crippen molar-refractivity contribution < 1.29 is 44.3 Å². The number of ketones is 1. The first-order valence-electron chi connectivity index (χ1n) is 2.31.